The lowest BCUT2D eigenvalue weighted by Crippen LogP contribution is -2.19. The lowest BCUT2D eigenvalue weighted by Gasteiger charge is -2.16. The highest BCUT2D eigenvalue weighted by Gasteiger charge is 2.14. The summed E-state index contributed by atoms with van der Waals surface area (Å²) in [5.74, 6) is 1.40. The zero-order valence-corrected chi connectivity index (χ0v) is 9.10. The summed E-state index contributed by atoms with van der Waals surface area (Å²) >= 11 is 0. The third-order valence-electron chi connectivity index (χ3n) is 2.30. The van der Waals surface area contributed by atoms with E-state index in [4.69, 9.17) is 10.5 Å². The number of methoxy groups -OCH3 is 1. The zero-order valence-electron chi connectivity index (χ0n) is 9.10. The minimum absolute atomic E-state index is 0.000139. The first kappa shape index (κ1) is 11.2. The van der Waals surface area contributed by atoms with Crippen LogP contribution in [-0.4, -0.2) is 23.3 Å². The largest absolute Gasteiger partial charge is 0.384 e. The van der Waals surface area contributed by atoms with E-state index in [1.54, 1.807) is 13.3 Å². The predicted octanol–water partition coefficient (Wildman–Crippen LogP) is 1.09. The molecule has 0 aromatic carbocycles. The Hall–Kier alpha value is -0.870. The van der Waals surface area contributed by atoms with Crippen molar-refractivity contribution in [2.24, 2.45) is 18.7 Å². The molecule has 0 saturated heterocycles. The van der Waals surface area contributed by atoms with Crippen molar-refractivity contribution >= 4 is 0 Å². The van der Waals surface area contributed by atoms with Crippen LogP contribution in [0.25, 0.3) is 0 Å². The highest BCUT2D eigenvalue weighted by atomic mass is 16.5. The van der Waals surface area contributed by atoms with E-state index in [1.807, 2.05) is 17.8 Å². The molecule has 2 atom stereocenters. The fraction of sp³-hybridized carbons (Fsp3) is 0.700. The van der Waals surface area contributed by atoms with Crippen LogP contribution in [0.4, 0.5) is 0 Å². The van der Waals surface area contributed by atoms with Crippen molar-refractivity contribution in [2.75, 3.05) is 13.7 Å². The molecule has 1 aromatic heterocycles. The average Bonchev–Trinajstić information content (AvgIpc) is 2.51. The van der Waals surface area contributed by atoms with Gasteiger partial charge in [-0.05, 0) is 12.3 Å². The molecule has 0 aliphatic rings. The molecule has 0 radical (unpaired) electrons. The first-order valence-corrected chi connectivity index (χ1v) is 4.87. The number of nitrogens with zero attached hydrogens (tertiary/aromatic N) is 2. The first-order valence-electron chi connectivity index (χ1n) is 4.87. The van der Waals surface area contributed by atoms with Crippen LogP contribution in [-0.2, 0) is 11.8 Å². The highest BCUT2D eigenvalue weighted by Crippen LogP contribution is 2.16. The minimum atomic E-state index is 0.000139. The number of hydrogen-bond donors (Lipinski definition) is 1. The van der Waals surface area contributed by atoms with Crippen LogP contribution in [0.15, 0.2) is 12.4 Å². The summed E-state index contributed by atoms with van der Waals surface area (Å²) in [6, 6.07) is 0.000139. The molecular weight excluding hydrogens is 178 g/mol. The van der Waals surface area contributed by atoms with Gasteiger partial charge in [-0.2, -0.15) is 0 Å². The van der Waals surface area contributed by atoms with E-state index in [0.29, 0.717) is 5.92 Å². The number of rotatable bonds is 5. The van der Waals surface area contributed by atoms with Gasteiger partial charge < -0.3 is 15.0 Å². The summed E-state index contributed by atoms with van der Waals surface area (Å²) in [5.41, 5.74) is 6.03. The standard InChI is InChI=1S/C10H19N3O/c1-8(7-14-3)6-9(11)10-12-4-5-13(10)2/h4-5,8-9H,6-7,11H2,1-3H3. The molecule has 0 amide bonds. The Balaban J connectivity index is 2.50. The topological polar surface area (TPSA) is 53.1 Å². The average molecular weight is 197 g/mol. The second-order valence-electron chi connectivity index (χ2n) is 3.80. The Bertz CT molecular complexity index is 272. The normalized spacial score (nSPS) is 15.4. The van der Waals surface area contributed by atoms with E-state index in [-0.39, 0.29) is 6.04 Å². The third-order valence-corrected chi connectivity index (χ3v) is 2.30. The van der Waals surface area contributed by atoms with Crippen molar-refractivity contribution < 1.29 is 4.74 Å². The van der Waals surface area contributed by atoms with Gasteiger partial charge in [0, 0.05) is 33.2 Å². The Labute approximate surface area is 85.1 Å². The summed E-state index contributed by atoms with van der Waals surface area (Å²) in [6.07, 6.45) is 4.59. The van der Waals surface area contributed by atoms with Gasteiger partial charge in [-0.25, -0.2) is 4.98 Å². The maximum absolute atomic E-state index is 6.03. The zero-order chi connectivity index (χ0) is 10.6. The quantitative estimate of drug-likeness (QED) is 0.768. The van der Waals surface area contributed by atoms with Crippen molar-refractivity contribution in [3.63, 3.8) is 0 Å². The van der Waals surface area contributed by atoms with E-state index in [2.05, 4.69) is 11.9 Å². The van der Waals surface area contributed by atoms with E-state index in [1.165, 1.54) is 0 Å². The third kappa shape index (κ3) is 2.82. The summed E-state index contributed by atoms with van der Waals surface area (Å²) in [5, 5.41) is 0. The fourth-order valence-corrected chi connectivity index (χ4v) is 1.63. The number of nitrogens with two attached hydrogens (primary N) is 1. The number of aryl methyl sites for hydroxylation is 1. The van der Waals surface area contributed by atoms with Crippen LogP contribution in [0.5, 0.6) is 0 Å². The molecule has 80 valence electrons. The Morgan fingerprint density at radius 1 is 1.64 bits per heavy atom. The van der Waals surface area contributed by atoms with E-state index in [0.717, 1.165) is 18.9 Å². The van der Waals surface area contributed by atoms with Crippen LogP contribution in [0, 0.1) is 5.92 Å². The Morgan fingerprint density at radius 3 is 2.86 bits per heavy atom. The molecule has 4 heteroatoms. The summed E-state index contributed by atoms with van der Waals surface area (Å²) in [4.78, 5) is 4.23. The lowest BCUT2D eigenvalue weighted by molar-refractivity contribution is 0.151. The van der Waals surface area contributed by atoms with Gasteiger partial charge in [-0.1, -0.05) is 6.92 Å². The lowest BCUT2D eigenvalue weighted by atomic mass is 10.0. The Morgan fingerprint density at radius 2 is 2.36 bits per heavy atom. The van der Waals surface area contributed by atoms with Gasteiger partial charge >= 0.3 is 0 Å². The molecule has 0 fully saturated rings. The monoisotopic (exact) mass is 197 g/mol. The second-order valence-corrected chi connectivity index (χ2v) is 3.80. The maximum Gasteiger partial charge on any atom is 0.125 e. The number of imidazole rings is 1. The molecule has 2 N–H and O–H groups in total. The minimum Gasteiger partial charge on any atom is -0.384 e. The van der Waals surface area contributed by atoms with Crippen molar-refractivity contribution in [1.29, 1.82) is 0 Å². The molecule has 1 heterocycles. The summed E-state index contributed by atoms with van der Waals surface area (Å²) < 4.78 is 7.03. The molecule has 0 saturated carbocycles. The van der Waals surface area contributed by atoms with E-state index < -0.39 is 0 Å². The van der Waals surface area contributed by atoms with Gasteiger partial charge in [0.05, 0.1) is 6.04 Å². The van der Waals surface area contributed by atoms with Crippen molar-refractivity contribution in [2.45, 2.75) is 19.4 Å². The van der Waals surface area contributed by atoms with Gasteiger partial charge in [0.25, 0.3) is 0 Å². The highest BCUT2D eigenvalue weighted by molar-refractivity contribution is 4.97. The molecule has 1 aromatic rings. The van der Waals surface area contributed by atoms with Gasteiger partial charge in [0.1, 0.15) is 5.82 Å². The van der Waals surface area contributed by atoms with Gasteiger partial charge in [-0.3, -0.25) is 0 Å². The molecule has 0 spiro atoms. The van der Waals surface area contributed by atoms with E-state index >= 15 is 0 Å². The number of ether oxygens (including phenoxy) is 1. The summed E-state index contributed by atoms with van der Waals surface area (Å²) in [6.45, 7) is 2.88. The van der Waals surface area contributed by atoms with Crippen LogP contribution >= 0.6 is 0 Å². The van der Waals surface area contributed by atoms with Crippen LogP contribution in [0.1, 0.15) is 25.2 Å². The molecule has 0 bridgehead atoms. The second kappa shape index (κ2) is 5.12. The summed E-state index contributed by atoms with van der Waals surface area (Å²) in [7, 11) is 3.67. The molecule has 0 aliphatic carbocycles. The van der Waals surface area contributed by atoms with Crippen LogP contribution < -0.4 is 5.73 Å². The van der Waals surface area contributed by atoms with E-state index in [9.17, 15) is 0 Å². The SMILES string of the molecule is COCC(C)CC(N)c1nccn1C. The molecule has 0 aliphatic heterocycles. The van der Waals surface area contributed by atoms with Crippen molar-refractivity contribution in [3.8, 4) is 0 Å². The first-order chi connectivity index (χ1) is 6.65. The number of aromatic nitrogens is 2. The van der Waals surface area contributed by atoms with Crippen LogP contribution in [0.3, 0.4) is 0 Å². The smallest absolute Gasteiger partial charge is 0.125 e. The van der Waals surface area contributed by atoms with Gasteiger partial charge in [0.15, 0.2) is 0 Å². The molecular formula is C10H19N3O. The maximum atomic E-state index is 6.03. The fourth-order valence-electron chi connectivity index (χ4n) is 1.63. The van der Waals surface area contributed by atoms with Gasteiger partial charge in [-0.15, -0.1) is 0 Å². The molecule has 1 rings (SSSR count). The van der Waals surface area contributed by atoms with Gasteiger partial charge in [0.2, 0.25) is 0 Å². The van der Waals surface area contributed by atoms with Crippen molar-refractivity contribution in [3.05, 3.63) is 18.2 Å². The Kier molecular flexibility index (Phi) is 4.10. The molecule has 4 nitrogen and oxygen atoms in total. The molecule has 14 heavy (non-hydrogen) atoms. The predicted molar refractivity (Wildman–Crippen MR) is 55.8 cm³/mol. The van der Waals surface area contributed by atoms with Crippen LogP contribution in [0.2, 0.25) is 0 Å². The van der Waals surface area contributed by atoms with Crippen molar-refractivity contribution in [1.82, 2.24) is 9.55 Å². The molecule has 2 unspecified atom stereocenters. The number of hydrogen-bond acceptors (Lipinski definition) is 3.